The summed E-state index contributed by atoms with van der Waals surface area (Å²) >= 11 is 0. The zero-order valence-electron chi connectivity index (χ0n) is 24.4. The number of unbranched alkanes of at least 4 members (excludes halogenated alkanes) is 15. The smallest absolute Gasteiger partial charge is 0.0452 e. The molecule has 2 aliphatic carbocycles. The molecular formula is C36H56Si. The molecule has 0 aromatic heterocycles. The molecule has 0 saturated carbocycles. The van der Waals surface area contributed by atoms with Crippen LogP contribution < -0.4 is 0 Å². The van der Waals surface area contributed by atoms with Crippen LogP contribution in [0, 0.1) is 0 Å². The average Bonchev–Trinajstić information content (AvgIpc) is 3.30. The summed E-state index contributed by atoms with van der Waals surface area (Å²) in [5.41, 5.74) is 5.44. The van der Waals surface area contributed by atoms with E-state index in [1.165, 1.54) is 121 Å². The van der Waals surface area contributed by atoms with Crippen molar-refractivity contribution >= 4 is 15.1 Å². The van der Waals surface area contributed by atoms with Crippen LogP contribution in [0.15, 0.2) is 72.4 Å². The molecule has 0 fully saturated rings. The van der Waals surface area contributed by atoms with Gasteiger partial charge in [0.2, 0.25) is 0 Å². The third-order valence-corrected chi connectivity index (χ3v) is 11.2. The molecule has 2 unspecified atom stereocenters. The van der Waals surface area contributed by atoms with Crippen molar-refractivity contribution in [2.75, 3.05) is 0 Å². The van der Waals surface area contributed by atoms with E-state index in [2.05, 4.69) is 80.6 Å². The monoisotopic (exact) mass is 516 g/mol. The molecule has 37 heavy (non-hydrogen) atoms. The van der Waals surface area contributed by atoms with E-state index < -0.39 is 0 Å². The molecule has 0 N–H and O–H groups in total. The molecule has 0 bridgehead atoms. The van der Waals surface area contributed by atoms with Crippen LogP contribution in [0.4, 0.5) is 0 Å². The Kier molecular flexibility index (Phi) is 14.4. The van der Waals surface area contributed by atoms with E-state index in [1.54, 1.807) is 11.1 Å². The normalized spacial score (nSPS) is 21.2. The van der Waals surface area contributed by atoms with E-state index in [0.29, 0.717) is 10.6 Å². The van der Waals surface area contributed by atoms with Crippen molar-refractivity contribution in [3.63, 3.8) is 0 Å². The fourth-order valence-corrected chi connectivity index (χ4v) is 8.94. The predicted octanol–water partition coefficient (Wildman–Crippen LogP) is 11.3. The minimum Gasteiger partial charge on any atom is -0.0840 e. The first-order valence-electron chi connectivity index (χ1n) is 16.0. The molecule has 1 aromatic rings. The first-order chi connectivity index (χ1) is 18.2. The second-order valence-corrected chi connectivity index (χ2v) is 15.1. The van der Waals surface area contributed by atoms with E-state index in [0.717, 1.165) is 0 Å². The van der Waals surface area contributed by atoms with Gasteiger partial charge in [0.05, 0.1) is 0 Å². The average molecular weight is 517 g/mol. The molecule has 0 radical (unpaired) electrons. The number of allylic oxidation sites excluding steroid dienone is 8. The maximum Gasteiger partial charge on any atom is 0.0452 e. The van der Waals surface area contributed by atoms with Gasteiger partial charge in [-0.3, -0.25) is 0 Å². The van der Waals surface area contributed by atoms with Crippen LogP contribution in [0.1, 0.15) is 135 Å². The van der Waals surface area contributed by atoms with Crippen LogP contribution in [0.2, 0.25) is 10.6 Å². The summed E-state index contributed by atoms with van der Waals surface area (Å²) in [5, 5.41) is 0.410. The largest absolute Gasteiger partial charge is 0.0840 e. The van der Waals surface area contributed by atoms with Crippen LogP contribution in [-0.2, 0) is 0 Å². The molecule has 0 aliphatic heterocycles. The number of rotatable bonds is 20. The predicted molar refractivity (Wildman–Crippen MR) is 170 cm³/mol. The molecular weight excluding hydrogens is 460 g/mol. The van der Waals surface area contributed by atoms with Crippen molar-refractivity contribution in [1.82, 2.24) is 0 Å². The molecule has 2 aliphatic rings. The Labute approximate surface area is 232 Å². The van der Waals surface area contributed by atoms with Gasteiger partial charge in [0.15, 0.2) is 0 Å². The first-order valence-corrected chi connectivity index (χ1v) is 17.6. The number of hydrogen-bond donors (Lipinski definition) is 0. The Morgan fingerprint density at radius 1 is 0.730 bits per heavy atom. The lowest BCUT2D eigenvalue weighted by Crippen LogP contribution is -2.19. The Balaban J connectivity index is 1.30. The highest BCUT2D eigenvalue weighted by atomic mass is 28.2. The molecule has 1 aromatic carbocycles. The zero-order valence-corrected chi connectivity index (χ0v) is 25.8. The number of benzene rings is 1. The summed E-state index contributed by atoms with van der Waals surface area (Å²) in [6.07, 6.45) is 39.9. The maximum absolute atomic E-state index is 2.56. The third-order valence-electron chi connectivity index (χ3n) is 8.65. The van der Waals surface area contributed by atoms with E-state index in [4.69, 9.17) is 0 Å². The maximum atomic E-state index is 2.56. The van der Waals surface area contributed by atoms with Gasteiger partial charge in [-0.2, -0.15) is 0 Å². The molecule has 0 amide bonds. The lowest BCUT2D eigenvalue weighted by atomic mass is 9.97. The first kappa shape index (κ1) is 29.9. The molecule has 0 heterocycles. The summed E-state index contributed by atoms with van der Waals surface area (Å²) in [7, 11) is -0.317. The Hall–Kier alpha value is -1.60. The molecule has 0 nitrogen and oxygen atoms in total. The lowest BCUT2D eigenvalue weighted by Gasteiger charge is -2.30. The van der Waals surface area contributed by atoms with Gasteiger partial charge in [-0.05, 0) is 46.6 Å². The Morgan fingerprint density at radius 3 is 1.84 bits per heavy atom. The fraction of sp³-hybridized carbons (Fsp3) is 0.611. The summed E-state index contributed by atoms with van der Waals surface area (Å²) in [6, 6.07) is 11.3. The molecule has 0 saturated heterocycles. The fourth-order valence-electron chi connectivity index (χ4n) is 6.35. The second-order valence-electron chi connectivity index (χ2n) is 12.2. The van der Waals surface area contributed by atoms with E-state index in [-0.39, 0.29) is 9.52 Å². The minimum atomic E-state index is -0.317. The van der Waals surface area contributed by atoms with Gasteiger partial charge >= 0.3 is 0 Å². The van der Waals surface area contributed by atoms with Crippen LogP contribution in [-0.4, -0.2) is 9.52 Å². The highest BCUT2D eigenvalue weighted by Crippen LogP contribution is 2.46. The summed E-state index contributed by atoms with van der Waals surface area (Å²) in [6.45, 7) is 4.79. The lowest BCUT2D eigenvalue weighted by molar-refractivity contribution is 0.529. The van der Waals surface area contributed by atoms with Crippen LogP contribution >= 0.6 is 0 Å². The van der Waals surface area contributed by atoms with Crippen molar-refractivity contribution in [2.45, 2.75) is 140 Å². The highest BCUT2D eigenvalue weighted by molar-refractivity contribution is 6.47. The van der Waals surface area contributed by atoms with E-state index in [9.17, 15) is 0 Å². The molecule has 0 spiro atoms. The van der Waals surface area contributed by atoms with Gasteiger partial charge in [0, 0.05) is 9.52 Å². The van der Waals surface area contributed by atoms with Gasteiger partial charge in [-0.15, -0.1) is 0 Å². The van der Waals surface area contributed by atoms with Crippen molar-refractivity contribution in [2.24, 2.45) is 0 Å². The van der Waals surface area contributed by atoms with Gasteiger partial charge in [0.25, 0.3) is 0 Å². The topological polar surface area (TPSA) is 0 Å². The third kappa shape index (κ3) is 11.4. The van der Waals surface area contributed by atoms with Gasteiger partial charge in [0.1, 0.15) is 0 Å². The zero-order chi connectivity index (χ0) is 26.0. The van der Waals surface area contributed by atoms with Crippen LogP contribution in [0.5, 0.6) is 0 Å². The minimum absolute atomic E-state index is 0.317. The van der Waals surface area contributed by atoms with Crippen molar-refractivity contribution in [1.29, 1.82) is 0 Å². The standard InChI is InChI=1S/C36H56Si/c1-3-4-5-6-7-8-9-10-11-12-13-14-15-16-17-20-27-33-28-29-34(35(33)32-25-21-18-22-26-32)37-36(2)30-23-19-24-31-36/h18-19,21-26,28-30,34H,3-17,20,27,31,37H2,1-2H3. The quantitative estimate of drug-likeness (QED) is 0.119. The van der Waals surface area contributed by atoms with Crippen LogP contribution in [0.3, 0.4) is 0 Å². The summed E-state index contributed by atoms with van der Waals surface area (Å²) in [4.78, 5) is 0. The summed E-state index contributed by atoms with van der Waals surface area (Å²) in [5.74, 6) is 0. The Morgan fingerprint density at radius 2 is 1.30 bits per heavy atom. The molecule has 204 valence electrons. The van der Waals surface area contributed by atoms with Crippen molar-refractivity contribution < 1.29 is 0 Å². The van der Waals surface area contributed by atoms with E-state index >= 15 is 0 Å². The van der Waals surface area contributed by atoms with E-state index in [1.807, 2.05) is 0 Å². The van der Waals surface area contributed by atoms with Crippen molar-refractivity contribution in [3.8, 4) is 0 Å². The SMILES string of the molecule is CCCCCCCCCCCCCCCCCCC1=C(c2ccccc2)C([SiH2]C2(C)C=CC=CC2)C=C1. The molecule has 1 heteroatoms. The second kappa shape index (κ2) is 17.8. The highest BCUT2D eigenvalue weighted by Gasteiger charge is 2.30. The Bertz CT molecular complexity index is 858. The summed E-state index contributed by atoms with van der Waals surface area (Å²) < 4.78 is 0. The molecule has 2 atom stereocenters. The number of hydrogen-bond acceptors (Lipinski definition) is 0. The molecule has 3 rings (SSSR count). The van der Waals surface area contributed by atoms with Gasteiger partial charge < -0.3 is 0 Å². The van der Waals surface area contributed by atoms with Gasteiger partial charge in [-0.25, -0.2) is 0 Å². The van der Waals surface area contributed by atoms with Crippen molar-refractivity contribution in [3.05, 3.63) is 77.9 Å². The van der Waals surface area contributed by atoms with Gasteiger partial charge in [-0.1, -0.05) is 177 Å². The van der Waals surface area contributed by atoms with Crippen LogP contribution in [0.25, 0.3) is 5.57 Å².